The third kappa shape index (κ3) is 2.61. The predicted octanol–water partition coefficient (Wildman–Crippen LogP) is 3.02. The number of halogens is 1. The van der Waals surface area contributed by atoms with Crippen molar-refractivity contribution in [2.75, 3.05) is 16.8 Å². The van der Waals surface area contributed by atoms with Crippen LogP contribution in [0.15, 0.2) is 30.1 Å². The van der Waals surface area contributed by atoms with Gasteiger partial charge in [0.25, 0.3) is 0 Å². The van der Waals surface area contributed by atoms with E-state index in [4.69, 9.17) is 22.1 Å². The number of hydrogen-bond donors (Lipinski definition) is 1. The first kappa shape index (κ1) is 16.3. The van der Waals surface area contributed by atoms with Crippen molar-refractivity contribution in [2.24, 2.45) is 0 Å². The van der Waals surface area contributed by atoms with Gasteiger partial charge >= 0.3 is 0 Å². The van der Waals surface area contributed by atoms with Crippen LogP contribution in [-0.2, 0) is 0 Å². The second kappa shape index (κ2) is 6.49. The van der Waals surface area contributed by atoms with Crippen LogP contribution < -0.4 is 10.2 Å². The van der Waals surface area contributed by atoms with E-state index >= 15 is 0 Å². The summed E-state index contributed by atoms with van der Waals surface area (Å²) in [5, 5.41) is 30.9. The molecule has 0 radical (unpaired) electrons. The van der Waals surface area contributed by atoms with E-state index in [0.29, 0.717) is 12.4 Å². The van der Waals surface area contributed by atoms with Gasteiger partial charge in [-0.1, -0.05) is 23.7 Å². The van der Waals surface area contributed by atoms with E-state index in [1.165, 1.54) is 0 Å². The Labute approximate surface area is 149 Å². The number of aromatic nitrogens is 2. The number of nitrogens with one attached hydrogen (secondary N) is 1. The van der Waals surface area contributed by atoms with Gasteiger partial charge in [-0.15, -0.1) is 0 Å². The quantitative estimate of drug-likeness (QED) is 0.830. The van der Waals surface area contributed by atoms with E-state index in [-0.39, 0.29) is 27.8 Å². The van der Waals surface area contributed by atoms with Gasteiger partial charge in [-0.2, -0.15) is 15.8 Å². The molecule has 1 N–H and O–H groups in total. The lowest BCUT2D eigenvalue weighted by Gasteiger charge is -2.19. The molecule has 7 nitrogen and oxygen atoms in total. The summed E-state index contributed by atoms with van der Waals surface area (Å²) in [6, 6.07) is 13.3. The highest BCUT2D eigenvalue weighted by atomic mass is 35.5. The van der Waals surface area contributed by atoms with Crippen LogP contribution >= 0.6 is 11.6 Å². The van der Waals surface area contributed by atoms with Crippen LogP contribution in [0.2, 0.25) is 5.15 Å². The normalized spacial score (nSPS) is 14.0. The number of allylic oxidation sites excluding steroid dienone is 1. The van der Waals surface area contributed by atoms with Gasteiger partial charge in [0, 0.05) is 6.54 Å². The smallest absolute Gasteiger partial charge is 0.178 e. The summed E-state index contributed by atoms with van der Waals surface area (Å²) >= 11 is 6.13. The van der Waals surface area contributed by atoms with Crippen LogP contribution in [-0.4, -0.2) is 16.5 Å². The minimum atomic E-state index is -0.173. The van der Waals surface area contributed by atoms with Crippen LogP contribution in [0.4, 0.5) is 11.4 Å². The van der Waals surface area contributed by atoms with Crippen LogP contribution in [0.5, 0.6) is 0 Å². The minimum Gasteiger partial charge on any atom is -0.339 e. The molecule has 0 bridgehead atoms. The van der Waals surface area contributed by atoms with Crippen molar-refractivity contribution in [3.8, 4) is 18.2 Å². The van der Waals surface area contributed by atoms with Gasteiger partial charge in [0.2, 0.25) is 0 Å². The molecule has 2 heterocycles. The average Bonchev–Trinajstić information content (AvgIpc) is 3.01. The molecule has 8 heteroatoms. The van der Waals surface area contributed by atoms with Crippen molar-refractivity contribution in [3.63, 3.8) is 0 Å². The fourth-order valence-corrected chi connectivity index (χ4v) is 2.83. The zero-order valence-corrected chi connectivity index (χ0v) is 13.8. The monoisotopic (exact) mass is 347 g/mol. The Morgan fingerprint density at radius 2 is 1.84 bits per heavy atom. The number of anilines is 2. The third-order valence-corrected chi connectivity index (χ3v) is 3.95. The second-order valence-electron chi connectivity index (χ2n) is 5.01. The van der Waals surface area contributed by atoms with E-state index < -0.39 is 0 Å². The summed E-state index contributed by atoms with van der Waals surface area (Å²) in [5.41, 5.74) is 1.64. The summed E-state index contributed by atoms with van der Waals surface area (Å²) in [4.78, 5) is 9.89. The zero-order chi connectivity index (χ0) is 18.0. The van der Waals surface area contributed by atoms with Gasteiger partial charge < -0.3 is 10.2 Å². The fraction of sp³-hybridized carbons (Fsp3) is 0.118. The Hall–Kier alpha value is -3.60. The topological polar surface area (TPSA) is 112 Å². The first-order valence-electron chi connectivity index (χ1n) is 7.30. The molecular weight excluding hydrogens is 338 g/mol. The molecule has 0 saturated heterocycles. The van der Waals surface area contributed by atoms with E-state index in [2.05, 4.69) is 21.4 Å². The predicted molar refractivity (Wildman–Crippen MR) is 92.1 cm³/mol. The highest BCUT2D eigenvalue weighted by Crippen LogP contribution is 2.39. The summed E-state index contributed by atoms with van der Waals surface area (Å²) in [5.74, 6) is 0.510. The molecule has 25 heavy (non-hydrogen) atoms. The number of fused-ring (bicyclic) bond motifs is 1. The van der Waals surface area contributed by atoms with Crippen molar-refractivity contribution >= 4 is 28.5 Å². The standard InChI is InChI=1S/C17H10ClN7/c1-2-25-14-6-4-3-5-11(14)24-17(25)10(7-19)15-16(18)23-13(9-21)12(8-20)22-15/h3-6,24H,2H2,1H3/b17-10+. The number of para-hydroxylation sites is 2. The molecule has 2 aromatic rings. The Bertz CT molecular complexity index is 1020. The lowest BCUT2D eigenvalue weighted by molar-refractivity contribution is 0.989. The maximum absolute atomic E-state index is 9.70. The first-order valence-corrected chi connectivity index (χ1v) is 7.68. The molecule has 0 saturated carbocycles. The molecule has 3 rings (SSSR count). The number of nitriles is 3. The molecule has 120 valence electrons. The molecule has 0 aliphatic carbocycles. The molecular formula is C17H10ClN7. The van der Waals surface area contributed by atoms with Crippen molar-refractivity contribution in [1.82, 2.24) is 9.97 Å². The lowest BCUT2D eigenvalue weighted by Crippen LogP contribution is -2.22. The molecule has 0 atom stereocenters. The minimum absolute atomic E-state index is 0.0634. The summed E-state index contributed by atoms with van der Waals surface area (Å²) in [6.45, 7) is 2.56. The van der Waals surface area contributed by atoms with Crippen LogP contribution in [0.3, 0.4) is 0 Å². The largest absolute Gasteiger partial charge is 0.339 e. The lowest BCUT2D eigenvalue weighted by atomic mass is 10.2. The van der Waals surface area contributed by atoms with Gasteiger partial charge in [-0.3, -0.25) is 0 Å². The Balaban J connectivity index is 2.23. The Morgan fingerprint density at radius 1 is 1.16 bits per heavy atom. The van der Waals surface area contributed by atoms with Gasteiger partial charge in [0.15, 0.2) is 16.5 Å². The summed E-state index contributed by atoms with van der Waals surface area (Å²) in [6.07, 6.45) is 0. The number of rotatable bonds is 2. The van der Waals surface area contributed by atoms with Gasteiger partial charge in [0.1, 0.15) is 35.3 Å². The number of hydrogen-bond acceptors (Lipinski definition) is 7. The molecule has 0 fully saturated rings. The summed E-state index contributed by atoms with van der Waals surface area (Å²) in [7, 11) is 0. The molecule has 1 aromatic carbocycles. The average molecular weight is 348 g/mol. The van der Waals surface area contributed by atoms with Crippen LogP contribution in [0.1, 0.15) is 24.0 Å². The SMILES string of the molecule is CCN1/C(=C(\C#N)c2nc(C#N)c(C#N)nc2Cl)Nc2ccccc21. The molecule has 1 aliphatic heterocycles. The maximum atomic E-state index is 9.70. The molecule has 0 spiro atoms. The van der Waals surface area contributed by atoms with Crippen molar-refractivity contribution in [3.05, 3.63) is 52.3 Å². The van der Waals surface area contributed by atoms with Crippen molar-refractivity contribution in [1.29, 1.82) is 15.8 Å². The highest BCUT2D eigenvalue weighted by molar-refractivity contribution is 6.31. The van der Waals surface area contributed by atoms with E-state index in [0.717, 1.165) is 11.4 Å². The van der Waals surface area contributed by atoms with Gasteiger partial charge in [-0.25, -0.2) is 9.97 Å². The number of benzene rings is 1. The Morgan fingerprint density at radius 3 is 2.48 bits per heavy atom. The van der Waals surface area contributed by atoms with Crippen LogP contribution in [0, 0.1) is 34.0 Å². The van der Waals surface area contributed by atoms with Crippen molar-refractivity contribution in [2.45, 2.75) is 6.92 Å². The molecule has 0 amide bonds. The third-order valence-electron chi connectivity index (χ3n) is 3.68. The molecule has 1 aromatic heterocycles. The molecule has 0 unspecified atom stereocenters. The van der Waals surface area contributed by atoms with Gasteiger partial charge in [-0.05, 0) is 19.1 Å². The van der Waals surface area contributed by atoms with E-state index in [1.54, 1.807) is 12.1 Å². The van der Waals surface area contributed by atoms with Crippen LogP contribution in [0.25, 0.3) is 5.57 Å². The maximum Gasteiger partial charge on any atom is 0.178 e. The Kier molecular flexibility index (Phi) is 4.22. The van der Waals surface area contributed by atoms with Gasteiger partial charge in [0.05, 0.1) is 11.4 Å². The van der Waals surface area contributed by atoms with E-state index in [9.17, 15) is 5.26 Å². The fourth-order valence-electron chi connectivity index (χ4n) is 2.60. The summed E-state index contributed by atoms with van der Waals surface area (Å²) < 4.78 is 0. The van der Waals surface area contributed by atoms with Crippen molar-refractivity contribution < 1.29 is 0 Å². The number of nitrogens with zero attached hydrogens (tertiary/aromatic N) is 6. The second-order valence-corrected chi connectivity index (χ2v) is 5.36. The van der Waals surface area contributed by atoms with E-state index in [1.807, 2.05) is 36.1 Å². The first-order chi connectivity index (χ1) is 12.1. The highest BCUT2D eigenvalue weighted by Gasteiger charge is 2.28. The zero-order valence-electron chi connectivity index (χ0n) is 13.1. The molecule has 1 aliphatic rings.